The molecule has 0 atom stereocenters. The number of hydrogen-bond donors (Lipinski definition) is 0. The van der Waals surface area contributed by atoms with Crippen molar-refractivity contribution in [3.05, 3.63) is 40.3 Å². The molecule has 2 aromatic rings. The highest BCUT2D eigenvalue weighted by Crippen LogP contribution is 2.28. The first-order valence-electron chi connectivity index (χ1n) is 10.1. The Kier molecular flexibility index (Phi) is 6.27. The van der Waals surface area contributed by atoms with E-state index in [-0.39, 0.29) is 0 Å². The third kappa shape index (κ3) is 4.62. The van der Waals surface area contributed by atoms with E-state index in [1.165, 1.54) is 48.7 Å². The van der Waals surface area contributed by atoms with Crippen molar-refractivity contribution in [2.45, 2.75) is 19.3 Å². The van der Waals surface area contributed by atoms with Gasteiger partial charge in [-0.1, -0.05) is 12.1 Å². The topological polar surface area (TPSA) is 31.8 Å². The van der Waals surface area contributed by atoms with Gasteiger partial charge in [-0.3, -0.25) is 4.90 Å². The van der Waals surface area contributed by atoms with Crippen molar-refractivity contribution in [2.75, 3.05) is 64.4 Å². The van der Waals surface area contributed by atoms with Crippen LogP contribution >= 0.6 is 11.3 Å². The van der Waals surface area contributed by atoms with Gasteiger partial charge in [0.1, 0.15) is 5.75 Å². The van der Waals surface area contributed by atoms with E-state index in [1.54, 1.807) is 7.11 Å². The number of benzene rings is 1. The van der Waals surface area contributed by atoms with E-state index < -0.39 is 0 Å². The minimum Gasteiger partial charge on any atom is -0.495 e. The van der Waals surface area contributed by atoms with Gasteiger partial charge < -0.3 is 14.5 Å². The lowest BCUT2D eigenvalue weighted by atomic mass is 10.2. The molecule has 3 heterocycles. The first-order valence-corrected chi connectivity index (χ1v) is 11.0. The molecule has 146 valence electrons. The fourth-order valence-corrected chi connectivity index (χ4v) is 4.99. The zero-order valence-electron chi connectivity index (χ0n) is 16.3. The summed E-state index contributed by atoms with van der Waals surface area (Å²) < 4.78 is 5.52. The maximum absolute atomic E-state index is 5.52. The average molecular weight is 387 g/mol. The minimum atomic E-state index is 0.982. The number of hydrogen-bond acceptors (Lipinski definition) is 6. The molecule has 0 saturated carbocycles. The molecule has 1 saturated heterocycles. The summed E-state index contributed by atoms with van der Waals surface area (Å²) in [7, 11) is 1.76. The Hall–Kier alpha value is -1.63. The zero-order chi connectivity index (χ0) is 18.5. The van der Waals surface area contributed by atoms with Crippen molar-refractivity contribution in [1.82, 2.24) is 14.8 Å². The Balaban J connectivity index is 1.18. The summed E-state index contributed by atoms with van der Waals surface area (Å²) in [5.74, 6) is 0.982. The molecule has 0 unspecified atom stereocenters. The number of thiazole rings is 1. The van der Waals surface area contributed by atoms with Crippen molar-refractivity contribution in [3.8, 4) is 5.75 Å². The molecule has 5 nitrogen and oxygen atoms in total. The standard InChI is InChI=1S/C21H30N4OS/c1-26-20-6-3-2-5-19(20)25-15-13-24(14-16-25)10-4-9-23-11-7-18-21(8-12-23)27-17-22-18/h2-3,5-6,17H,4,7-16H2,1H3. The predicted molar refractivity (Wildman–Crippen MR) is 112 cm³/mol. The molecule has 0 aliphatic carbocycles. The number of rotatable bonds is 6. The number of fused-ring (bicyclic) bond motifs is 1. The summed E-state index contributed by atoms with van der Waals surface area (Å²) in [5, 5.41) is 0. The molecule has 0 radical (unpaired) electrons. The SMILES string of the molecule is COc1ccccc1N1CCN(CCCN2CCc3ncsc3CC2)CC1. The van der Waals surface area contributed by atoms with E-state index in [1.807, 2.05) is 22.9 Å². The molecule has 1 fully saturated rings. The van der Waals surface area contributed by atoms with Crippen LogP contribution in [-0.4, -0.2) is 74.3 Å². The smallest absolute Gasteiger partial charge is 0.142 e. The summed E-state index contributed by atoms with van der Waals surface area (Å²) in [6, 6.07) is 8.36. The van der Waals surface area contributed by atoms with Crippen molar-refractivity contribution < 1.29 is 4.74 Å². The Morgan fingerprint density at radius 3 is 2.52 bits per heavy atom. The molecule has 6 heteroatoms. The maximum Gasteiger partial charge on any atom is 0.142 e. The lowest BCUT2D eigenvalue weighted by molar-refractivity contribution is 0.222. The van der Waals surface area contributed by atoms with Crippen LogP contribution in [0.4, 0.5) is 5.69 Å². The van der Waals surface area contributed by atoms with Crippen LogP contribution in [0.2, 0.25) is 0 Å². The normalized spacial score (nSPS) is 18.9. The number of methoxy groups -OCH3 is 1. The van der Waals surface area contributed by atoms with E-state index in [4.69, 9.17) is 4.74 Å². The zero-order valence-corrected chi connectivity index (χ0v) is 17.1. The van der Waals surface area contributed by atoms with Gasteiger partial charge in [0.2, 0.25) is 0 Å². The van der Waals surface area contributed by atoms with Crippen molar-refractivity contribution in [1.29, 1.82) is 0 Å². The Labute approximate surface area is 166 Å². The third-order valence-corrected chi connectivity index (χ3v) is 6.73. The first kappa shape index (κ1) is 18.7. The maximum atomic E-state index is 5.52. The highest BCUT2D eigenvalue weighted by Gasteiger charge is 2.20. The van der Waals surface area contributed by atoms with Gasteiger partial charge in [-0.05, 0) is 38.1 Å². The molecular formula is C21H30N4OS. The van der Waals surface area contributed by atoms with E-state index in [2.05, 4.69) is 37.9 Å². The van der Waals surface area contributed by atoms with E-state index in [0.717, 1.165) is 44.9 Å². The van der Waals surface area contributed by atoms with Gasteiger partial charge in [0.25, 0.3) is 0 Å². The van der Waals surface area contributed by atoms with Crippen LogP contribution in [0.15, 0.2) is 29.8 Å². The molecule has 4 rings (SSSR count). The average Bonchev–Trinajstić information content (AvgIpc) is 3.09. The van der Waals surface area contributed by atoms with Crippen LogP contribution in [0, 0.1) is 0 Å². The van der Waals surface area contributed by atoms with Crippen LogP contribution in [0.25, 0.3) is 0 Å². The van der Waals surface area contributed by atoms with Crippen LogP contribution < -0.4 is 9.64 Å². The molecule has 1 aromatic carbocycles. The van der Waals surface area contributed by atoms with Crippen LogP contribution in [0.1, 0.15) is 17.0 Å². The van der Waals surface area contributed by atoms with Gasteiger partial charge in [-0.15, -0.1) is 11.3 Å². The second-order valence-electron chi connectivity index (χ2n) is 7.42. The molecule has 1 aromatic heterocycles. The summed E-state index contributed by atoms with van der Waals surface area (Å²) in [4.78, 5) is 13.7. The number of ether oxygens (including phenoxy) is 1. The van der Waals surface area contributed by atoms with Gasteiger partial charge in [-0.25, -0.2) is 4.98 Å². The summed E-state index contributed by atoms with van der Waals surface area (Å²) in [6.45, 7) is 9.21. The van der Waals surface area contributed by atoms with E-state index in [0.29, 0.717) is 0 Å². The number of anilines is 1. The molecule has 27 heavy (non-hydrogen) atoms. The Morgan fingerprint density at radius 1 is 0.963 bits per heavy atom. The Bertz CT molecular complexity index is 704. The lowest BCUT2D eigenvalue weighted by Crippen LogP contribution is -2.47. The highest BCUT2D eigenvalue weighted by molar-refractivity contribution is 7.09. The second-order valence-corrected chi connectivity index (χ2v) is 8.36. The number of nitrogens with zero attached hydrogens (tertiary/aromatic N) is 4. The van der Waals surface area contributed by atoms with Gasteiger partial charge >= 0.3 is 0 Å². The van der Waals surface area contributed by atoms with E-state index >= 15 is 0 Å². The largest absolute Gasteiger partial charge is 0.495 e. The minimum absolute atomic E-state index is 0.982. The van der Waals surface area contributed by atoms with Gasteiger partial charge in [-0.2, -0.15) is 0 Å². The first-order chi connectivity index (χ1) is 13.3. The summed E-state index contributed by atoms with van der Waals surface area (Å²) >= 11 is 1.83. The fraction of sp³-hybridized carbons (Fsp3) is 0.571. The summed E-state index contributed by atoms with van der Waals surface area (Å²) in [5.41, 5.74) is 4.57. The quantitative estimate of drug-likeness (QED) is 0.762. The molecule has 2 aliphatic heterocycles. The Morgan fingerprint density at radius 2 is 1.70 bits per heavy atom. The van der Waals surface area contributed by atoms with Crippen molar-refractivity contribution in [3.63, 3.8) is 0 Å². The van der Waals surface area contributed by atoms with Crippen LogP contribution in [0.5, 0.6) is 5.75 Å². The monoisotopic (exact) mass is 386 g/mol. The van der Waals surface area contributed by atoms with Gasteiger partial charge in [0.05, 0.1) is 24.0 Å². The molecule has 0 bridgehead atoms. The highest BCUT2D eigenvalue weighted by atomic mass is 32.1. The molecule has 0 spiro atoms. The third-order valence-electron chi connectivity index (χ3n) is 5.79. The fourth-order valence-electron chi connectivity index (χ4n) is 4.18. The van der Waals surface area contributed by atoms with Crippen molar-refractivity contribution >= 4 is 17.0 Å². The van der Waals surface area contributed by atoms with Crippen LogP contribution in [-0.2, 0) is 12.8 Å². The number of aromatic nitrogens is 1. The molecule has 2 aliphatic rings. The van der Waals surface area contributed by atoms with Gasteiger partial charge in [0, 0.05) is 50.6 Å². The number of para-hydroxylation sites is 2. The van der Waals surface area contributed by atoms with E-state index in [9.17, 15) is 0 Å². The molecule has 0 amide bonds. The van der Waals surface area contributed by atoms with Gasteiger partial charge in [0.15, 0.2) is 0 Å². The van der Waals surface area contributed by atoms with Crippen molar-refractivity contribution in [2.24, 2.45) is 0 Å². The number of piperazine rings is 1. The lowest BCUT2D eigenvalue weighted by Gasteiger charge is -2.36. The molecular weight excluding hydrogens is 356 g/mol. The second kappa shape index (κ2) is 9.04. The summed E-state index contributed by atoms with van der Waals surface area (Å²) in [6.07, 6.45) is 3.56. The predicted octanol–water partition coefficient (Wildman–Crippen LogP) is 2.76. The van der Waals surface area contributed by atoms with Crippen LogP contribution in [0.3, 0.4) is 0 Å². The molecule has 0 N–H and O–H groups in total.